The van der Waals surface area contributed by atoms with Gasteiger partial charge in [-0.1, -0.05) is 61.2 Å². The third-order valence-corrected chi connectivity index (χ3v) is 10.0. The lowest BCUT2D eigenvalue weighted by molar-refractivity contribution is -0.127. The molecule has 0 saturated heterocycles. The second-order valence-electron chi connectivity index (χ2n) is 9.24. The van der Waals surface area contributed by atoms with Gasteiger partial charge in [0.2, 0.25) is 5.91 Å². The van der Waals surface area contributed by atoms with Crippen LogP contribution in [0.3, 0.4) is 0 Å². The van der Waals surface area contributed by atoms with Crippen LogP contribution < -0.4 is 10.6 Å². The van der Waals surface area contributed by atoms with E-state index in [1.807, 2.05) is 18.2 Å². The zero-order chi connectivity index (χ0) is 23.8. The average Bonchev–Trinajstić information content (AvgIpc) is 3.23. The van der Waals surface area contributed by atoms with Gasteiger partial charge in [-0.3, -0.25) is 9.59 Å². The first-order valence-electron chi connectivity index (χ1n) is 11.2. The fraction of sp³-hybridized carbons (Fsp3) is 0.440. The largest absolute Gasteiger partial charge is 0.351 e. The molecule has 1 aliphatic carbocycles. The Balaban J connectivity index is 1.67. The molecule has 1 aliphatic heterocycles. The van der Waals surface area contributed by atoms with Gasteiger partial charge in [0.05, 0.1) is 16.0 Å². The SMILES string of the molecule is CC1([C@](I)(NC(=O)[C@H]2CCc3ccccc3C(=O)NC2)c2c(F)ccc(Cl)c2Cl)CCCC1. The molecule has 0 unspecified atom stereocenters. The predicted molar refractivity (Wildman–Crippen MR) is 137 cm³/mol. The number of alkyl halides is 1. The van der Waals surface area contributed by atoms with Crippen molar-refractivity contribution in [3.05, 3.63) is 69.0 Å². The zero-order valence-electron chi connectivity index (χ0n) is 18.3. The van der Waals surface area contributed by atoms with Gasteiger partial charge in [-0.05, 0) is 72.0 Å². The first-order chi connectivity index (χ1) is 15.7. The quantitative estimate of drug-likeness (QED) is 0.184. The number of carbonyl (C=O) groups is 2. The van der Waals surface area contributed by atoms with Gasteiger partial charge in [-0.25, -0.2) is 4.39 Å². The van der Waals surface area contributed by atoms with Crippen molar-refractivity contribution < 1.29 is 14.0 Å². The molecule has 176 valence electrons. The lowest BCUT2D eigenvalue weighted by Gasteiger charge is -2.45. The Morgan fingerprint density at radius 1 is 1.21 bits per heavy atom. The van der Waals surface area contributed by atoms with Gasteiger partial charge in [-0.15, -0.1) is 0 Å². The van der Waals surface area contributed by atoms with Crippen molar-refractivity contribution in [1.29, 1.82) is 0 Å². The molecule has 2 aliphatic rings. The molecule has 2 aromatic rings. The number of amides is 2. The van der Waals surface area contributed by atoms with E-state index in [-0.39, 0.29) is 34.0 Å². The summed E-state index contributed by atoms with van der Waals surface area (Å²) in [6, 6.07) is 10.2. The Hall–Kier alpha value is -1.38. The number of halogens is 4. The first-order valence-corrected chi connectivity index (χ1v) is 13.0. The van der Waals surface area contributed by atoms with Crippen LogP contribution in [0.1, 0.15) is 60.5 Å². The molecular formula is C25H26Cl2FIN2O2. The first kappa shape index (κ1) is 24.7. The van der Waals surface area contributed by atoms with E-state index in [0.717, 1.165) is 31.2 Å². The fourth-order valence-corrected chi connectivity index (χ4v) is 7.00. The molecule has 4 nitrogen and oxygen atoms in total. The number of benzene rings is 2. The van der Waals surface area contributed by atoms with E-state index in [4.69, 9.17) is 23.2 Å². The molecule has 1 heterocycles. The number of rotatable bonds is 4. The molecule has 4 rings (SSSR count). The van der Waals surface area contributed by atoms with Crippen molar-refractivity contribution in [2.45, 2.75) is 49.0 Å². The molecule has 2 atom stereocenters. The number of aryl methyl sites for hydroxylation is 1. The number of hydrogen-bond donors (Lipinski definition) is 2. The van der Waals surface area contributed by atoms with E-state index in [0.29, 0.717) is 18.4 Å². The molecule has 1 fully saturated rings. The zero-order valence-corrected chi connectivity index (χ0v) is 22.0. The molecule has 2 aromatic carbocycles. The van der Waals surface area contributed by atoms with Gasteiger partial charge in [0.1, 0.15) is 9.36 Å². The van der Waals surface area contributed by atoms with Gasteiger partial charge < -0.3 is 10.6 Å². The standard InChI is InChI=1S/C25H26Cl2FIN2O2/c1-24(12-4-5-13-24)25(29,20-19(28)11-10-18(26)21(20)27)31-22(32)16-9-8-15-6-2-3-7-17(15)23(33)30-14-16/h2-3,6-7,10-11,16H,4-5,8-9,12-14H2,1H3,(H,30,33)(H,31,32)/t16-,25+/m0/s1. The van der Waals surface area contributed by atoms with E-state index in [1.54, 1.807) is 6.07 Å². The van der Waals surface area contributed by atoms with E-state index in [2.05, 4.69) is 40.1 Å². The van der Waals surface area contributed by atoms with Crippen molar-refractivity contribution in [3.63, 3.8) is 0 Å². The van der Waals surface area contributed by atoms with Crippen molar-refractivity contribution in [3.8, 4) is 0 Å². The topological polar surface area (TPSA) is 58.2 Å². The molecule has 33 heavy (non-hydrogen) atoms. The maximum atomic E-state index is 15.2. The van der Waals surface area contributed by atoms with Crippen LogP contribution in [0.25, 0.3) is 0 Å². The second-order valence-corrected chi connectivity index (χ2v) is 11.6. The van der Waals surface area contributed by atoms with Crippen molar-refractivity contribution in [1.82, 2.24) is 10.6 Å². The minimum atomic E-state index is -1.09. The average molecular weight is 603 g/mol. The van der Waals surface area contributed by atoms with Crippen LogP contribution >= 0.6 is 45.8 Å². The number of hydrogen-bond acceptors (Lipinski definition) is 2. The smallest absolute Gasteiger partial charge is 0.251 e. The summed E-state index contributed by atoms with van der Waals surface area (Å²) < 4.78 is 14.1. The maximum Gasteiger partial charge on any atom is 0.251 e. The summed E-state index contributed by atoms with van der Waals surface area (Å²) in [6.45, 7) is 2.29. The van der Waals surface area contributed by atoms with E-state index >= 15 is 4.39 Å². The monoisotopic (exact) mass is 602 g/mol. The lowest BCUT2D eigenvalue weighted by Crippen LogP contribution is -2.54. The molecule has 8 heteroatoms. The Morgan fingerprint density at radius 3 is 2.64 bits per heavy atom. The van der Waals surface area contributed by atoms with Crippen LogP contribution in [-0.2, 0) is 14.8 Å². The summed E-state index contributed by atoms with van der Waals surface area (Å²) in [5, 5.41) is 6.43. The van der Waals surface area contributed by atoms with Gasteiger partial charge >= 0.3 is 0 Å². The summed E-state index contributed by atoms with van der Waals surface area (Å²) in [6.07, 6.45) is 4.82. The van der Waals surface area contributed by atoms with Gasteiger partial charge in [0.15, 0.2) is 0 Å². The van der Waals surface area contributed by atoms with E-state index < -0.39 is 20.7 Å². The van der Waals surface area contributed by atoms with Crippen molar-refractivity contribution >= 4 is 57.6 Å². The van der Waals surface area contributed by atoms with Crippen LogP contribution in [0.2, 0.25) is 10.0 Å². The van der Waals surface area contributed by atoms with Crippen LogP contribution in [0.4, 0.5) is 4.39 Å². The third-order valence-electron chi connectivity index (χ3n) is 7.13. The van der Waals surface area contributed by atoms with Gasteiger partial charge in [0.25, 0.3) is 5.91 Å². The lowest BCUT2D eigenvalue weighted by atomic mass is 9.76. The molecule has 2 amide bonds. The predicted octanol–water partition coefficient (Wildman–Crippen LogP) is 6.41. The highest BCUT2D eigenvalue weighted by Crippen LogP contribution is 2.57. The van der Waals surface area contributed by atoms with Gasteiger partial charge in [-0.2, -0.15) is 0 Å². The molecule has 0 radical (unpaired) electrons. The highest BCUT2D eigenvalue weighted by atomic mass is 127. The molecule has 2 N–H and O–H groups in total. The van der Waals surface area contributed by atoms with Crippen LogP contribution in [0.15, 0.2) is 36.4 Å². The van der Waals surface area contributed by atoms with Crippen LogP contribution in [0.5, 0.6) is 0 Å². The van der Waals surface area contributed by atoms with Crippen molar-refractivity contribution in [2.24, 2.45) is 11.3 Å². The Labute approximate surface area is 217 Å². The van der Waals surface area contributed by atoms with E-state index in [9.17, 15) is 9.59 Å². The molecular weight excluding hydrogens is 577 g/mol. The highest BCUT2D eigenvalue weighted by Gasteiger charge is 2.53. The van der Waals surface area contributed by atoms with E-state index in [1.165, 1.54) is 12.1 Å². The highest BCUT2D eigenvalue weighted by molar-refractivity contribution is 14.1. The van der Waals surface area contributed by atoms with Crippen LogP contribution in [-0.4, -0.2) is 18.4 Å². The normalized spacial score (nSPS) is 21.8. The summed E-state index contributed by atoms with van der Waals surface area (Å²) in [5.41, 5.74) is 1.37. The minimum Gasteiger partial charge on any atom is -0.351 e. The summed E-state index contributed by atoms with van der Waals surface area (Å²) >= 11 is 15.0. The Kier molecular flexibility index (Phi) is 7.27. The second kappa shape index (κ2) is 9.70. The van der Waals surface area contributed by atoms with Gasteiger partial charge in [0, 0.05) is 23.1 Å². The summed E-state index contributed by atoms with van der Waals surface area (Å²) in [5.74, 6) is -1.36. The number of carbonyl (C=O) groups excluding carboxylic acids is 2. The third kappa shape index (κ3) is 4.63. The number of fused-ring (bicyclic) bond motifs is 1. The summed E-state index contributed by atoms with van der Waals surface area (Å²) in [4.78, 5) is 26.2. The fourth-order valence-electron chi connectivity index (χ4n) is 5.06. The van der Waals surface area contributed by atoms with Crippen LogP contribution in [0, 0.1) is 17.2 Å². The Morgan fingerprint density at radius 2 is 1.91 bits per heavy atom. The number of nitrogens with one attached hydrogen (secondary N) is 2. The summed E-state index contributed by atoms with van der Waals surface area (Å²) in [7, 11) is 0. The maximum absolute atomic E-state index is 15.2. The minimum absolute atomic E-state index is 0.124. The molecule has 1 saturated carbocycles. The molecule has 0 spiro atoms. The Bertz CT molecular complexity index is 1090. The van der Waals surface area contributed by atoms with Crippen molar-refractivity contribution in [2.75, 3.05) is 6.54 Å². The molecule has 0 aromatic heterocycles. The molecule has 0 bridgehead atoms.